The Bertz CT molecular complexity index is 399. The number of rotatable bonds is 2. The van der Waals surface area contributed by atoms with Crippen molar-refractivity contribution in [3.05, 3.63) is 29.6 Å². The fourth-order valence-corrected chi connectivity index (χ4v) is 3.35. The van der Waals surface area contributed by atoms with Crippen LogP contribution in [-0.2, 0) is 6.61 Å². The van der Waals surface area contributed by atoms with Crippen molar-refractivity contribution < 1.29 is 9.50 Å². The molecule has 17 heavy (non-hydrogen) atoms. The topological polar surface area (TPSA) is 23.5 Å². The Kier molecular flexibility index (Phi) is 3.94. The number of halogens is 1. The number of nitrogens with zero attached hydrogens (tertiary/aromatic N) is 1. The molecule has 1 aliphatic heterocycles. The highest BCUT2D eigenvalue weighted by molar-refractivity contribution is 8.00. The highest BCUT2D eigenvalue weighted by Crippen LogP contribution is 2.32. The van der Waals surface area contributed by atoms with Crippen molar-refractivity contribution in [2.45, 2.75) is 31.7 Å². The maximum atomic E-state index is 13.6. The third-order valence-corrected chi connectivity index (χ3v) is 4.78. The maximum Gasteiger partial charge on any atom is 0.130 e. The van der Waals surface area contributed by atoms with Crippen LogP contribution in [0.3, 0.4) is 0 Å². The number of benzene rings is 1. The van der Waals surface area contributed by atoms with Gasteiger partial charge in [-0.3, -0.25) is 0 Å². The predicted molar refractivity (Wildman–Crippen MR) is 71.1 cm³/mol. The zero-order chi connectivity index (χ0) is 12.4. The number of hydrogen-bond acceptors (Lipinski definition) is 3. The van der Waals surface area contributed by atoms with Crippen LogP contribution in [0.4, 0.5) is 10.1 Å². The van der Waals surface area contributed by atoms with Crippen molar-refractivity contribution in [3.63, 3.8) is 0 Å². The molecule has 0 amide bonds. The Labute approximate surface area is 106 Å². The van der Waals surface area contributed by atoms with Gasteiger partial charge in [0.2, 0.25) is 0 Å². The first-order valence-corrected chi connectivity index (χ1v) is 6.96. The Morgan fingerprint density at radius 3 is 2.94 bits per heavy atom. The lowest BCUT2D eigenvalue weighted by Crippen LogP contribution is -2.45. The summed E-state index contributed by atoms with van der Waals surface area (Å²) in [6, 6.07) is 5.37. The lowest BCUT2D eigenvalue weighted by atomic mass is 10.1. The van der Waals surface area contributed by atoms with E-state index < -0.39 is 0 Å². The van der Waals surface area contributed by atoms with Crippen LogP contribution >= 0.6 is 11.8 Å². The van der Waals surface area contributed by atoms with Crippen molar-refractivity contribution in [2.75, 3.05) is 17.2 Å². The highest BCUT2D eigenvalue weighted by atomic mass is 32.2. The average Bonchev–Trinajstić information content (AvgIpc) is 2.32. The van der Waals surface area contributed by atoms with Crippen LogP contribution in [0.25, 0.3) is 0 Å². The van der Waals surface area contributed by atoms with Crippen molar-refractivity contribution in [3.8, 4) is 0 Å². The summed E-state index contributed by atoms with van der Waals surface area (Å²) < 4.78 is 13.6. The van der Waals surface area contributed by atoms with Gasteiger partial charge in [-0.2, -0.15) is 11.8 Å². The van der Waals surface area contributed by atoms with E-state index in [2.05, 4.69) is 18.7 Å². The zero-order valence-corrected chi connectivity index (χ0v) is 11.0. The van der Waals surface area contributed by atoms with E-state index in [0.29, 0.717) is 16.9 Å². The van der Waals surface area contributed by atoms with Crippen LogP contribution in [-0.4, -0.2) is 28.7 Å². The van der Waals surface area contributed by atoms with E-state index in [1.54, 1.807) is 6.07 Å². The molecule has 1 saturated heterocycles. The summed E-state index contributed by atoms with van der Waals surface area (Å²) in [7, 11) is 0. The average molecular weight is 255 g/mol. The second kappa shape index (κ2) is 5.27. The molecule has 2 rings (SSSR count). The molecule has 1 aromatic rings. The van der Waals surface area contributed by atoms with Gasteiger partial charge < -0.3 is 10.0 Å². The molecule has 1 fully saturated rings. The van der Waals surface area contributed by atoms with E-state index in [1.807, 2.05) is 17.8 Å². The molecule has 2 atom stereocenters. The van der Waals surface area contributed by atoms with Crippen LogP contribution in [0.1, 0.15) is 19.4 Å². The fourth-order valence-electron chi connectivity index (χ4n) is 2.25. The molecule has 94 valence electrons. The van der Waals surface area contributed by atoms with Gasteiger partial charge >= 0.3 is 0 Å². The lowest BCUT2D eigenvalue weighted by Gasteiger charge is -2.40. The predicted octanol–water partition coefficient (Wildman–Crippen LogP) is 2.65. The van der Waals surface area contributed by atoms with E-state index in [4.69, 9.17) is 0 Å². The van der Waals surface area contributed by atoms with Gasteiger partial charge in [-0.25, -0.2) is 4.39 Å². The van der Waals surface area contributed by atoms with Crippen LogP contribution in [0.5, 0.6) is 0 Å². The van der Waals surface area contributed by atoms with Gasteiger partial charge in [0.05, 0.1) is 6.61 Å². The smallest absolute Gasteiger partial charge is 0.130 e. The molecular formula is C13H18FNOS. The Hall–Kier alpha value is -0.740. The summed E-state index contributed by atoms with van der Waals surface area (Å²) in [5, 5.41) is 9.84. The van der Waals surface area contributed by atoms with E-state index in [1.165, 1.54) is 6.07 Å². The first kappa shape index (κ1) is 12.7. The second-order valence-electron chi connectivity index (χ2n) is 4.41. The lowest BCUT2D eigenvalue weighted by molar-refractivity contribution is 0.275. The number of aliphatic hydroxyl groups excluding tert-OH is 1. The maximum absolute atomic E-state index is 13.6. The molecule has 1 N–H and O–H groups in total. The molecule has 2 unspecified atom stereocenters. The minimum absolute atomic E-state index is 0.243. The van der Waals surface area contributed by atoms with Gasteiger partial charge in [-0.15, -0.1) is 0 Å². The van der Waals surface area contributed by atoms with Crippen LogP contribution in [0.2, 0.25) is 0 Å². The quantitative estimate of drug-likeness (QED) is 0.879. The molecule has 0 spiro atoms. The fraction of sp³-hybridized carbons (Fsp3) is 0.538. The molecule has 2 nitrogen and oxygen atoms in total. The van der Waals surface area contributed by atoms with Gasteiger partial charge in [0.1, 0.15) is 5.82 Å². The summed E-state index contributed by atoms with van der Waals surface area (Å²) >= 11 is 1.94. The van der Waals surface area contributed by atoms with E-state index in [0.717, 1.165) is 18.0 Å². The monoisotopic (exact) mass is 255 g/mol. The normalized spacial score (nSPS) is 25.1. The third-order valence-electron chi connectivity index (χ3n) is 3.45. The van der Waals surface area contributed by atoms with Crippen molar-refractivity contribution in [1.82, 2.24) is 0 Å². The van der Waals surface area contributed by atoms with E-state index in [-0.39, 0.29) is 12.4 Å². The van der Waals surface area contributed by atoms with Gasteiger partial charge in [-0.1, -0.05) is 13.0 Å². The van der Waals surface area contributed by atoms with Gasteiger partial charge in [0, 0.05) is 34.8 Å². The first-order chi connectivity index (χ1) is 8.15. The highest BCUT2D eigenvalue weighted by Gasteiger charge is 2.27. The molecule has 0 aromatic heterocycles. The summed E-state index contributed by atoms with van der Waals surface area (Å²) in [6.07, 6.45) is 0. The first-order valence-electron chi connectivity index (χ1n) is 5.91. The summed E-state index contributed by atoms with van der Waals surface area (Å²) in [5.74, 6) is 0.732. The second-order valence-corrected chi connectivity index (χ2v) is 5.89. The third kappa shape index (κ3) is 2.43. The molecule has 1 heterocycles. The van der Waals surface area contributed by atoms with E-state index >= 15 is 0 Å². The molecule has 0 bridgehead atoms. The van der Waals surface area contributed by atoms with Crippen molar-refractivity contribution in [2.24, 2.45) is 0 Å². The molecular weight excluding hydrogens is 237 g/mol. The summed E-state index contributed by atoms with van der Waals surface area (Å²) in [5.41, 5.74) is 1.26. The molecule has 0 saturated carbocycles. The molecule has 4 heteroatoms. The summed E-state index contributed by atoms with van der Waals surface area (Å²) in [6.45, 7) is 5.02. The van der Waals surface area contributed by atoms with Crippen LogP contribution < -0.4 is 4.90 Å². The Morgan fingerprint density at radius 2 is 2.24 bits per heavy atom. The van der Waals surface area contributed by atoms with Crippen LogP contribution in [0, 0.1) is 5.82 Å². The number of hydrogen-bond donors (Lipinski definition) is 1. The Balaban J connectivity index is 2.35. The van der Waals surface area contributed by atoms with Crippen molar-refractivity contribution in [1.29, 1.82) is 0 Å². The minimum atomic E-state index is -0.317. The van der Waals surface area contributed by atoms with Gasteiger partial charge in [0.25, 0.3) is 0 Å². The SMILES string of the molecule is CC1SCCN(c2cccc(F)c2CO)C1C. The van der Waals surface area contributed by atoms with E-state index in [9.17, 15) is 9.50 Å². The Morgan fingerprint density at radius 1 is 1.47 bits per heavy atom. The number of aliphatic hydroxyl groups is 1. The largest absolute Gasteiger partial charge is 0.391 e. The molecule has 1 aromatic carbocycles. The molecule has 0 aliphatic carbocycles. The molecule has 0 radical (unpaired) electrons. The standard InChI is InChI=1S/C13H18FNOS/c1-9-10(2)17-7-6-15(9)13-5-3-4-12(14)11(13)8-16/h3-5,9-10,16H,6-8H2,1-2H3. The van der Waals surface area contributed by atoms with Crippen molar-refractivity contribution >= 4 is 17.4 Å². The minimum Gasteiger partial charge on any atom is -0.391 e. The number of thioether (sulfide) groups is 1. The van der Waals surface area contributed by atoms with Gasteiger partial charge in [0.15, 0.2) is 0 Å². The van der Waals surface area contributed by atoms with Gasteiger partial charge in [-0.05, 0) is 19.1 Å². The number of anilines is 1. The zero-order valence-electron chi connectivity index (χ0n) is 10.2. The summed E-state index contributed by atoms with van der Waals surface area (Å²) in [4.78, 5) is 2.20. The van der Waals surface area contributed by atoms with Crippen LogP contribution in [0.15, 0.2) is 18.2 Å². The molecule has 1 aliphatic rings.